The van der Waals surface area contributed by atoms with Gasteiger partial charge in [0.15, 0.2) is 5.13 Å². The highest BCUT2D eigenvalue weighted by Crippen LogP contribution is 2.30. The molecule has 194 valence electrons. The van der Waals surface area contributed by atoms with Crippen molar-refractivity contribution in [3.8, 4) is 0 Å². The van der Waals surface area contributed by atoms with Crippen LogP contribution in [0.2, 0.25) is 0 Å². The quantitative estimate of drug-likeness (QED) is 0.472. The van der Waals surface area contributed by atoms with Crippen molar-refractivity contribution in [2.75, 3.05) is 30.3 Å². The van der Waals surface area contributed by atoms with Crippen LogP contribution in [0.15, 0.2) is 40.7 Å². The Kier molecular flexibility index (Phi) is 8.21. The van der Waals surface area contributed by atoms with E-state index in [1.807, 2.05) is 0 Å². The zero-order chi connectivity index (χ0) is 25.7. The molecule has 2 aliphatic rings. The molecule has 4 N–H and O–H groups in total. The standard InChI is InChI=1S/C23H30N6O5S2/c24-22(32)26-17-6-8-18(9-7-17)36(33,34)28-11-12-29(20(30)15-28)19(14-16-4-2-1-3-5-16)21(31)27-23-25-10-13-35-23/h6-10,13,16,19H,1-5,11-12,14-15H2,(H3,24,26,32)(H,25,27,31)/t19-/m0/s1. The van der Waals surface area contributed by atoms with Crippen LogP contribution in [0, 0.1) is 5.92 Å². The maximum absolute atomic E-state index is 13.2. The molecule has 4 rings (SSSR count). The lowest BCUT2D eigenvalue weighted by Gasteiger charge is -2.39. The number of anilines is 2. The monoisotopic (exact) mass is 534 g/mol. The summed E-state index contributed by atoms with van der Waals surface area (Å²) in [4.78, 5) is 43.1. The number of hydrogen-bond donors (Lipinski definition) is 3. The Balaban J connectivity index is 1.47. The summed E-state index contributed by atoms with van der Waals surface area (Å²) in [7, 11) is -3.94. The average Bonchev–Trinajstić information content (AvgIpc) is 3.36. The number of sulfonamides is 1. The van der Waals surface area contributed by atoms with E-state index < -0.39 is 28.0 Å². The predicted octanol–water partition coefficient (Wildman–Crippen LogP) is 2.44. The molecule has 2 aromatic rings. The minimum atomic E-state index is -3.94. The second-order valence-corrected chi connectivity index (χ2v) is 11.9. The van der Waals surface area contributed by atoms with Crippen molar-refractivity contribution in [1.29, 1.82) is 0 Å². The second kappa shape index (κ2) is 11.4. The van der Waals surface area contributed by atoms with Crippen molar-refractivity contribution in [1.82, 2.24) is 14.2 Å². The third-order valence-electron chi connectivity index (χ3n) is 6.60. The summed E-state index contributed by atoms with van der Waals surface area (Å²) in [5.74, 6) is -0.363. The molecule has 2 heterocycles. The van der Waals surface area contributed by atoms with Crippen molar-refractivity contribution < 1.29 is 22.8 Å². The number of benzene rings is 1. The first-order valence-corrected chi connectivity index (χ1v) is 14.2. The van der Waals surface area contributed by atoms with Gasteiger partial charge in [0.1, 0.15) is 6.04 Å². The Hall–Kier alpha value is -3.03. The van der Waals surface area contributed by atoms with E-state index in [4.69, 9.17) is 5.73 Å². The van der Waals surface area contributed by atoms with Crippen LogP contribution in [0.1, 0.15) is 38.5 Å². The highest BCUT2D eigenvalue weighted by Gasteiger charge is 2.39. The van der Waals surface area contributed by atoms with E-state index in [9.17, 15) is 22.8 Å². The number of rotatable bonds is 8. The molecule has 0 radical (unpaired) electrons. The van der Waals surface area contributed by atoms with E-state index >= 15 is 0 Å². The summed E-state index contributed by atoms with van der Waals surface area (Å²) in [6.07, 6.45) is 7.58. The van der Waals surface area contributed by atoms with Crippen LogP contribution in [0.25, 0.3) is 0 Å². The lowest BCUT2D eigenvalue weighted by atomic mass is 9.84. The van der Waals surface area contributed by atoms with E-state index in [2.05, 4.69) is 15.6 Å². The van der Waals surface area contributed by atoms with Gasteiger partial charge in [-0.1, -0.05) is 32.1 Å². The van der Waals surface area contributed by atoms with Gasteiger partial charge in [0.2, 0.25) is 21.8 Å². The van der Waals surface area contributed by atoms with E-state index in [0.717, 1.165) is 30.0 Å². The molecule has 1 atom stereocenters. The molecule has 1 aliphatic heterocycles. The SMILES string of the molecule is NC(=O)Nc1ccc(S(=O)(=O)N2CCN([C@@H](CC3CCCCC3)C(=O)Nc3nccs3)C(=O)C2)cc1. The lowest BCUT2D eigenvalue weighted by molar-refractivity contribution is -0.142. The van der Waals surface area contributed by atoms with Crippen LogP contribution in [0.4, 0.5) is 15.6 Å². The summed E-state index contributed by atoms with van der Waals surface area (Å²) in [6, 6.07) is 4.12. The lowest BCUT2D eigenvalue weighted by Crippen LogP contribution is -2.58. The Morgan fingerprint density at radius 3 is 2.44 bits per heavy atom. The van der Waals surface area contributed by atoms with Crippen LogP contribution in [0.5, 0.6) is 0 Å². The highest BCUT2D eigenvalue weighted by molar-refractivity contribution is 7.89. The van der Waals surface area contributed by atoms with Gasteiger partial charge in [-0.3, -0.25) is 9.59 Å². The second-order valence-electron chi connectivity index (χ2n) is 9.02. The van der Waals surface area contributed by atoms with E-state index in [0.29, 0.717) is 23.2 Å². The zero-order valence-electron chi connectivity index (χ0n) is 19.8. The van der Waals surface area contributed by atoms with E-state index in [1.165, 1.54) is 46.9 Å². The molecule has 4 amide bonds. The van der Waals surface area contributed by atoms with Crippen molar-refractivity contribution in [3.05, 3.63) is 35.8 Å². The van der Waals surface area contributed by atoms with Crippen LogP contribution in [-0.2, 0) is 19.6 Å². The number of hydrogen-bond acceptors (Lipinski definition) is 7. The minimum absolute atomic E-state index is 0.000890. The van der Waals surface area contributed by atoms with Crippen molar-refractivity contribution in [2.24, 2.45) is 11.7 Å². The molecule has 1 aromatic carbocycles. The molecule has 0 unspecified atom stereocenters. The zero-order valence-corrected chi connectivity index (χ0v) is 21.4. The maximum Gasteiger partial charge on any atom is 0.316 e. The first-order chi connectivity index (χ1) is 17.2. The molecular weight excluding hydrogens is 504 g/mol. The molecule has 13 heteroatoms. The number of nitrogens with two attached hydrogens (primary N) is 1. The molecule has 0 bridgehead atoms. The average molecular weight is 535 g/mol. The fourth-order valence-electron chi connectivity index (χ4n) is 4.79. The van der Waals surface area contributed by atoms with Crippen LogP contribution < -0.4 is 16.4 Å². The van der Waals surface area contributed by atoms with Crippen LogP contribution in [-0.4, -0.2) is 66.1 Å². The summed E-state index contributed by atoms with van der Waals surface area (Å²) in [5.41, 5.74) is 5.45. The number of nitrogens with one attached hydrogen (secondary N) is 2. The maximum atomic E-state index is 13.2. The highest BCUT2D eigenvalue weighted by atomic mass is 32.2. The number of amides is 4. The molecule has 1 saturated carbocycles. The number of piperazine rings is 1. The summed E-state index contributed by atoms with van der Waals surface area (Å²) in [5, 5.41) is 7.43. The van der Waals surface area contributed by atoms with E-state index in [1.54, 1.807) is 11.6 Å². The third kappa shape index (κ3) is 6.20. The van der Waals surface area contributed by atoms with Gasteiger partial charge in [0.25, 0.3) is 0 Å². The predicted molar refractivity (Wildman–Crippen MR) is 136 cm³/mol. The first-order valence-electron chi connectivity index (χ1n) is 11.9. The third-order valence-corrected chi connectivity index (χ3v) is 9.15. The van der Waals surface area contributed by atoms with Crippen LogP contribution >= 0.6 is 11.3 Å². The Bertz CT molecular complexity index is 1180. The smallest absolute Gasteiger partial charge is 0.316 e. The van der Waals surface area contributed by atoms with Crippen LogP contribution in [0.3, 0.4) is 0 Å². The molecule has 11 nitrogen and oxygen atoms in total. The molecule has 2 fully saturated rings. The van der Waals surface area contributed by atoms with Gasteiger partial charge < -0.3 is 21.3 Å². The van der Waals surface area contributed by atoms with Crippen molar-refractivity contribution >= 4 is 50.0 Å². The number of aromatic nitrogens is 1. The fourth-order valence-corrected chi connectivity index (χ4v) is 6.70. The Morgan fingerprint density at radius 2 is 1.83 bits per heavy atom. The number of carbonyl (C=O) groups excluding carboxylic acids is 3. The van der Waals surface area contributed by atoms with Gasteiger partial charge >= 0.3 is 6.03 Å². The van der Waals surface area contributed by atoms with Gasteiger partial charge in [-0.05, 0) is 36.6 Å². The minimum Gasteiger partial charge on any atom is -0.351 e. The number of urea groups is 1. The molecule has 36 heavy (non-hydrogen) atoms. The topological polar surface area (TPSA) is 155 Å². The van der Waals surface area contributed by atoms with Gasteiger partial charge in [-0.15, -0.1) is 11.3 Å². The summed E-state index contributed by atoms with van der Waals surface area (Å²) >= 11 is 1.30. The van der Waals surface area contributed by atoms with Gasteiger partial charge in [-0.2, -0.15) is 4.31 Å². The molecule has 0 spiro atoms. The summed E-state index contributed by atoms with van der Waals surface area (Å²) in [6.45, 7) is -0.168. The van der Waals surface area contributed by atoms with Gasteiger partial charge in [-0.25, -0.2) is 18.2 Å². The summed E-state index contributed by atoms with van der Waals surface area (Å²) < 4.78 is 27.4. The first kappa shape index (κ1) is 26.0. The van der Waals surface area contributed by atoms with E-state index in [-0.39, 0.29) is 30.4 Å². The molecule has 1 aliphatic carbocycles. The fraction of sp³-hybridized carbons (Fsp3) is 0.478. The number of nitrogens with zero attached hydrogens (tertiary/aromatic N) is 3. The number of carbonyl (C=O) groups is 3. The number of thiazole rings is 1. The van der Waals surface area contributed by atoms with Crippen molar-refractivity contribution in [2.45, 2.75) is 49.5 Å². The molecule has 1 aromatic heterocycles. The Labute approximate surface area is 214 Å². The molecule has 1 saturated heterocycles. The molecular formula is C23H30N6O5S2. The largest absolute Gasteiger partial charge is 0.351 e. The van der Waals surface area contributed by atoms with Gasteiger partial charge in [0, 0.05) is 30.4 Å². The normalized spacial score (nSPS) is 18.6. The Morgan fingerprint density at radius 1 is 1.11 bits per heavy atom. The number of primary amides is 1. The van der Waals surface area contributed by atoms with Crippen molar-refractivity contribution in [3.63, 3.8) is 0 Å². The van der Waals surface area contributed by atoms with Gasteiger partial charge in [0.05, 0.1) is 11.4 Å².